The van der Waals surface area contributed by atoms with Crippen LogP contribution in [0.4, 0.5) is 11.4 Å². The monoisotopic (exact) mass is 400 g/mol. The third kappa shape index (κ3) is 3.70. The van der Waals surface area contributed by atoms with Crippen molar-refractivity contribution in [1.29, 1.82) is 0 Å². The number of carbonyl (C=O) groups excluding carboxylic acids is 2. The number of amides is 2. The van der Waals surface area contributed by atoms with E-state index in [0.29, 0.717) is 17.8 Å². The van der Waals surface area contributed by atoms with Gasteiger partial charge in [-0.1, -0.05) is 24.3 Å². The van der Waals surface area contributed by atoms with E-state index in [1.165, 1.54) is 11.1 Å². The number of hydrogen-bond acceptors (Lipinski definition) is 4. The maximum atomic E-state index is 12.6. The molecule has 2 heterocycles. The van der Waals surface area contributed by atoms with Crippen molar-refractivity contribution in [3.63, 3.8) is 0 Å². The van der Waals surface area contributed by atoms with Gasteiger partial charge in [0.15, 0.2) is 0 Å². The van der Waals surface area contributed by atoms with Gasteiger partial charge in [0.2, 0.25) is 5.91 Å². The van der Waals surface area contributed by atoms with Gasteiger partial charge in [-0.3, -0.25) is 9.59 Å². The van der Waals surface area contributed by atoms with Gasteiger partial charge in [0, 0.05) is 25.2 Å². The second-order valence-electron chi connectivity index (χ2n) is 7.17. The molecule has 7 heteroatoms. The van der Waals surface area contributed by atoms with Gasteiger partial charge in [-0.05, 0) is 49.2 Å². The van der Waals surface area contributed by atoms with Crippen molar-refractivity contribution in [3.05, 3.63) is 59.2 Å². The second kappa shape index (κ2) is 8.20. The van der Waals surface area contributed by atoms with Gasteiger partial charge in [-0.2, -0.15) is 0 Å². The van der Waals surface area contributed by atoms with Crippen molar-refractivity contribution in [3.8, 4) is 0 Å². The highest BCUT2D eigenvalue weighted by Crippen LogP contribution is 2.31. The molecule has 2 aliphatic rings. The molecular weight excluding hydrogens is 376 g/mol. The molecule has 28 heavy (non-hydrogen) atoms. The molecule has 6 nitrogen and oxygen atoms in total. The van der Waals surface area contributed by atoms with E-state index in [4.69, 9.17) is 0 Å². The number of halogens is 1. The molecule has 0 aliphatic carbocycles. The van der Waals surface area contributed by atoms with Gasteiger partial charge in [0.25, 0.3) is 5.91 Å². The molecular formula is C21H25ClN4O2. The molecule has 2 atom stereocenters. The first-order valence-electron chi connectivity index (χ1n) is 9.31. The number of nitrogens with one attached hydrogen (secondary N) is 3. The lowest BCUT2D eigenvalue weighted by molar-refractivity contribution is -0.117. The number of hydrogen-bond donors (Lipinski definition) is 3. The van der Waals surface area contributed by atoms with Crippen molar-refractivity contribution >= 4 is 35.6 Å². The summed E-state index contributed by atoms with van der Waals surface area (Å²) in [4.78, 5) is 26.6. The molecule has 0 spiro atoms. The predicted octanol–water partition coefficient (Wildman–Crippen LogP) is 2.50. The molecule has 2 aromatic carbocycles. The molecule has 0 radical (unpaired) electrons. The van der Waals surface area contributed by atoms with E-state index in [1.807, 2.05) is 31.0 Å². The summed E-state index contributed by atoms with van der Waals surface area (Å²) in [5.74, 6) is -0.205. The Bertz CT molecular complexity index is 902. The van der Waals surface area contributed by atoms with Gasteiger partial charge in [-0.25, -0.2) is 0 Å². The van der Waals surface area contributed by atoms with Gasteiger partial charge < -0.3 is 20.9 Å². The van der Waals surface area contributed by atoms with Crippen LogP contribution in [0.15, 0.2) is 42.5 Å². The minimum Gasteiger partial charge on any atom is -0.361 e. The predicted molar refractivity (Wildman–Crippen MR) is 113 cm³/mol. The summed E-state index contributed by atoms with van der Waals surface area (Å²) in [5, 5.41) is 9.37. The second-order valence-corrected chi connectivity index (χ2v) is 7.17. The summed E-state index contributed by atoms with van der Waals surface area (Å²) < 4.78 is 0. The van der Waals surface area contributed by atoms with E-state index in [1.54, 1.807) is 12.1 Å². The van der Waals surface area contributed by atoms with Crippen molar-refractivity contribution in [2.75, 3.05) is 30.4 Å². The van der Waals surface area contributed by atoms with Crippen LogP contribution in [-0.2, 0) is 11.2 Å². The lowest BCUT2D eigenvalue weighted by Crippen LogP contribution is -2.44. The zero-order valence-corrected chi connectivity index (χ0v) is 16.8. The molecule has 0 bridgehead atoms. The van der Waals surface area contributed by atoms with E-state index in [0.717, 1.165) is 18.7 Å². The Morgan fingerprint density at radius 1 is 1.25 bits per heavy atom. The summed E-state index contributed by atoms with van der Waals surface area (Å²) in [6, 6.07) is 13.7. The van der Waals surface area contributed by atoms with Gasteiger partial charge in [0.1, 0.15) is 6.04 Å². The molecule has 0 saturated heterocycles. The van der Waals surface area contributed by atoms with Crippen LogP contribution in [0.2, 0.25) is 0 Å². The maximum Gasteiger partial charge on any atom is 0.251 e. The molecule has 2 aromatic rings. The number of anilines is 2. The zero-order chi connectivity index (χ0) is 19.0. The smallest absolute Gasteiger partial charge is 0.251 e. The average molecular weight is 401 g/mol. The highest BCUT2D eigenvalue weighted by atomic mass is 35.5. The van der Waals surface area contributed by atoms with Crippen LogP contribution in [0.1, 0.15) is 34.5 Å². The Balaban J connectivity index is 0.00000225. The molecule has 3 N–H and O–H groups in total. The summed E-state index contributed by atoms with van der Waals surface area (Å²) in [5.41, 5.74) is 4.72. The molecule has 0 aromatic heterocycles. The Morgan fingerprint density at radius 2 is 2.04 bits per heavy atom. The fraction of sp³-hybridized carbons (Fsp3) is 0.333. The van der Waals surface area contributed by atoms with Crippen molar-refractivity contribution in [2.24, 2.45) is 0 Å². The van der Waals surface area contributed by atoms with E-state index >= 15 is 0 Å². The lowest BCUT2D eigenvalue weighted by atomic mass is 9.94. The maximum absolute atomic E-state index is 12.6. The number of likely N-dealkylation sites (N-methyl/N-ethyl adjacent to an activating group) is 1. The van der Waals surface area contributed by atoms with Crippen LogP contribution >= 0.6 is 12.4 Å². The number of benzene rings is 2. The van der Waals surface area contributed by atoms with E-state index < -0.39 is 0 Å². The van der Waals surface area contributed by atoms with E-state index in [-0.39, 0.29) is 36.3 Å². The molecule has 2 aliphatic heterocycles. The van der Waals surface area contributed by atoms with Crippen LogP contribution < -0.4 is 20.9 Å². The fourth-order valence-electron chi connectivity index (χ4n) is 3.78. The van der Waals surface area contributed by atoms with Crippen molar-refractivity contribution in [1.82, 2.24) is 10.6 Å². The van der Waals surface area contributed by atoms with Crippen LogP contribution in [-0.4, -0.2) is 38.0 Å². The van der Waals surface area contributed by atoms with Crippen LogP contribution in [0.5, 0.6) is 0 Å². The standard InChI is InChI=1S/C21H24N4O2.ClH/c1-13-20(26)24-17-11-15(7-8-19(17)25(13)2)21(27)23-12-18-16-6-4-3-5-14(16)9-10-22-18;/h3-8,11,13,18,22H,9-10,12H2,1-2H3,(H,23,27)(H,24,26);1H. The number of nitrogens with zero attached hydrogens (tertiary/aromatic N) is 1. The first kappa shape index (κ1) is 20.2. The zero-order valence-electron chi connectivity index (χ0n) is 16.0. The number of carbonyl (C=O) groups is 2. The molecule has 2 amide bonds. The van der Waals surface area contributed by atoms with Crippen LogP contribution in [0.25, 0.3) is 0 Å². The van der Waals surface area contributed by atoms with Crippen molar-refractivity contribution < 1.29 is 9.59 Å². The number of rotatable bonds is 3. The highest BCUT2D eigenvalue weighted by Gasteiger charge is 2.27. The quantitative estimate of drug-likeness (QED) is 0.740. The molecule has 148 valence electrons. The molecule has 0 saturated carbocycles. The Hall–Kier alpha value is -2.57. The van der Waals surface area contributed by atoms with Gasteiger partial charge in [-0.15, -0.1) is 12.4 Å². The first-order valence-corrected chi connectivity index (χ1v) is 9.31. The average Bonchev–Trinajstić information content (AvgIpc) is 2.70. The lowest BCUT2D eigenvalue weighted by Gasteiger charge is -2.33. The Morgan fingerprint density at radius 3 is 2.86 bits per heavy atom. The Labute approximate surface area is 171 Å². The summed E-state index contributed by atoms with van der Waals surface area (Å²) in [6.07, 6.45) is 1.01. The summed E-state index contributed by atoms with van der Waals surface area (Å²) in [6.45, 7) is 3.29. The van der Waals surface area contributed by atoms with E-state index in [2.05, 4.69) is 34.1 Å². The fourth-order valence-corrected chi connectivity index (χ4v) is 3.78. The third-order valence-electron chi connectivity index (χ3n) is 5.54. The molecule has 2 unspecified atom stereocenters. The summed E-state index contributed by atoms with van der Waals surface area (Å²) in [7, 11) is 1.88. The first-order chi connectivity index (χ1) is 13.0. The third-order valence-corrected chi connectivity index (χ3v) is 5.54. The van der Waals surface area contributed by atoms with Gasteiger partial charge in [0.05, 0.1) is 11.4 Å². The SMILES string of the molecule is CC1C(=O)Nc2cc(C(=O)NCC3NCCc4ccccc43)ccc2N1C.Cl. The minimum atomic E-state index is -0.227. The topological polar surface area (TPSA) is 73.5 Å². The van der Waals surface area contributed by atoms with Crippen LogP contribution in [0, 0.1) is 0 Å². The summed E-state index contributed by atoms with van der Waals surface area (Å²) >= 11 is 0. The largest absolute Gasteiger partial charge is 0.361 e. The van der Waals surface area contributed by atoms with E-state index in [9.17, 15) is 9.59 Å². The molecule has 0 fully saturated rings. The van der Waals surface area contributed by atoms with Gasteiger partial charge >= 0.3 is 0 Å². The number of fused-ring (bicyclic) bond motifs is 2. The van der Waals surface area contributed by atoms with Crippen LogP contribution in [0.3, 0.4) is 0 Å². The minimum absolute atomic E-state index is 0. The normalized spacial score (nSPS) is 20.4. The molecule has 4 rings (SSSR count). The van der Waals surface area contributed by atoms with Crippen molar-refractivity contribution in [2.45, 2.75) is 25.4 Å². The Kier molecular flexibility index (Phi) is 5.91. The highest BCUT2D eigenvalue weighted by molar-refractivity contribution is 6.05.